The van der Waals surface area contributed by atoms with Gasteiger partial charge >= 0.3 is 0 Å². The van der Waals surface area contributed by atoms with E-state index >= 15 is 0 Å². The second-order valence-electron chi connectivity index (χ2n) is 3.84. The minimum Gasteiger partial charge on any atom is -0.206 e. The van der Waals surface area contributed by atoms with Crippen molar-refractivity contribution >= 4 is 13.2 Å². The molecule has 0 amide bonds. The van der Waals surface area contributed by atoms with Gasteiger partial charge in [-0.15, -0.1) is 7.92 Å². The second kappa shape index (κ2) is 7.12. The van der Waals surface area contributed by atoms with Gasteiger partial charge in [-0.25, -0.2) is 6.07 Å². The fraction of sp³-hybridized carbons (Fsp3) is 0.615. The van der Waals surface area contributed by atoms with Crippen molar-refractivity contribution < 1.29 is 0 Å². The average molecular weight is 209 g/mol. The first-order chi connectivity index (χ1) is 6.88. The molecule has 1 aromatic carbocycles. The predicted molar refractivity (Wildman–Crippen MR) is 68.1 cm³/mol. The molecule has 0 unspecified atom stereocenters. The lowest BCUT2D eigenvalue weighted by atomic mass is 10.4. The Morgan fingerprint density at radius 1 is 1.14 bits per heavy atom. The Kier molecular flexibility index (Phi) is 6.03. The second-order valence-corrected chi connectivity index (χ2v) is 6.33. The smallest absolute Gasteiger partial charge is 0.0399 e. The van der Waals surface area contributed by atoms with E-state index in [0.717, 1.165) is 0 Å². The number of hydrogen-bond acceptors (Lipinski definition) is 0. The molecule has 80 valence electrons. The van der Waals surface area contributed by atoms with Crippen LogP contribution in [0, 0.1) is 0 Å². The molecule has 0 radical (unpaired) electrons. The first-order valence-corrected chi connectivity index (χ1v) is 7.56. The van der Waals surface area contributed by atoms with Crippen molar-refractivity contribution in [3.05, 3.63) is 24.3 Å². The zero-order valence-electron chi connectivity index (χ0n) is 9.50. The highest BCUT2D eigenvalue weighted by molar-refractivity contribution is 7.65. The molecule has 0 aromatic heterocycles. The summed E-state index contributed by atoms with van der Waals surface area (Å²) in [7, 11) is 0.169. The molecule has 0 saturated carbocycles. The van der Waals surface area contributed by atoms with Gasteiger partial charge in [-0.1, -0.05) is 39.5 Å². The summed E-state index contributed by atoms with van der Waals surface area (Å²) in [6, 6.07) is 9.00. The fourth-order valence-corrected chi connectivity index (χ4v) is 4.37. The van der Waals surface area contributed by atoms with Gasteiger partial charge in [0.15, 0.2) is 0 Å². The molecule has 0 aliphatic carbocycles. The van der Waals surface area contributed by atoms with Crippen molar-refractivity contribution in [1.82, 2.24) is 0 Å². The SMILES string of the molecule is CCCCP(CCCC)c1cc[cH-]c1. The minimum atomic E-state index is 0.169. The number of unbranched alkanes of at least 4 members (excludes halogenated alkanes) is 2. The number of rotatable bonds is 7. The molecule has 0 saturated heterocycles. The van der Waals surface area contributed by atoms with Crippen LogP contribution in [0.1, 0.15) is 39.5 Å². The van der Waals surface area contributed by atoms with Gasteiger partial charge in [-0.2, -0.15) is 23.5 Å². The molecular weight excluding hydrogens is 187 g/mol. The van der Waals surface area contributed by atoms with Crippen LogP contribution in [0.15, 0.2) is 24.3 Å². The zero-order chi connectivity index (χ0) is 10.2. The lowest BCUT2D eigenvalue weighted by molar-refractivity contribution is 0.871. The molecule has 1 heteroatoms. The highest BCUT2D eigenvalue weighted by Crippen LogP contribution is 2.36. The van der Waals surface area contributed by atoms with E-state index in [2.05, 4.69) is 38.1 Å². The van der Waals surface area contributed by atoms with Crippen LogP contribution in [0.25, 0.3) is 0 Å². The van der Waals surface area contributed by atoms with Crippen LogP contribution in [0.4, 0.5) is 0 Å². The molecule has 1 rings (SSSR count). The van der Waals surface area contributed by atoms with Gasteiger partial charge < -0.3 is 0 Å². The lowest BCUT2D eigenvalue weighted by Crippen LogP contribution is -2.03. The monoisotopic (exact) mass is 209 g/mol. The average Bonchev–Trinajstić information content (AvgIpc) is 2.71. The van der Waals surface area contributed by atoms with Gasteiger partial charge in [0, 0.05) is 0 Å². The zero-order valence-corrected chi connectivity index (χ0v) is 10.4. The van der Waals surface area contributed by atoms with Gasteiger partial charge in [0.1, 0.15) is 0 Å². The van der Waals surface area contributed by atoms with Gasteiger partial charge in [0.25, 0.3) is 0 Å². The molecule has 0 spiro atoms. The van der Waals surface area contributed by atoms with Crippen LogP contribution < -0.4 is 5.30 Å². The van der Waals surface area contributed by atoms with Crippen LogP contribution >= 0.6 is 7.92 Å². The van der Waals surface area contributed by atoms with Crippen LogP contribution in [-0.4, -0.2) is 12.3 Å². The van der Waals surface area contributed by atoms with Crippen LogP contribution in [-0.2, 0) is 0 Å². The summed E-state index contributed by atoms with van der Waals surface area (Å²) >= 11 is 0. The quantitative estimate of drug-likeness (QED) is 0.468. The summed E-state index contributed by atoms with van der Waals surface area (Å²) in [6.07, 6.45) is 8.37. The Morgan fingerprint density at radius 3 is 2.21 bits per heavy atom. The first kappa shape index (κ1) is 11.9. The highest BCUT2D eigenvalue weighted by atomic mass is 31.1. The number of hydrogen-bond donors (Lipinski definition) is 0. The summed E-state index contributed by atoms with van der Waals surface area (Å²) in [5, 5.41) is 1.63. The van der Waals surface area contributed by atoms with E-state index in [9.17, 15) is 0 Å². The Labute approximate surface area is 89.8 Å². The maximum absolute atomic E-state index is 2.32. The standard InChI is InChI=1S/C13H22P/c1-3-5-11-14(12-6-4-2)13-9-7-8-10-13/h7-10H,3-6,11-12H2,1-2H3/q-1. The van der Waals surface area contributed by atoms with Crippen molar-refractivity contribution in [1.29, 1.82) is 0 Å². The van der Waals surface area contributed by atoms with E-state index in [1.165, 1.54) is 38.0 Å². The summed E-state index contributed by atoms with van der Waals surface area (Å²) in [5.74, 6) is 0. The van der Waals surface area contributed by atoms with Gasteiger partial charge in [-0.05, 0) is 12.3 Å². The summed E-state index contributed by atoms with van der Waals surface area (Å²) < 4.78 is 0. The lowest BCUT2D eigenvalue weighted by Gasteiger charge is -2.21. The molecule has 0 fully saturated rings. The van der Waals surface area contributed by atoms with E-state index < -0.39 is 0 Å². The molecule has 0 nitrogen and oxygen atoms in total. The Balaban J connectivity index is 2.44. The van der Waals surface area contributed by atoms with E-state index in [4.69, 9.17) is 0 Å². The molecule has 0 heterocycles. The molecule has 0 atom stereocenters. The maximum atomic E-state index is 2.32. The summed E-state index contributed by atoms with van der Waals surface area (Å²) in [4.78, 5) is 0. The van der Waals surface area contributed by atoms with Gasteiger partial charge in [0.2, 0.25) is 0 Å². The third-order valence-corrected chi connectivity index (χ3v) is 5.31. The minimum absolute atomic E-state index is 0.169. The third-order valence-electron chi connectivity index (χ3n) is 2.57. The van der Waals surface area contributed by atoms with Crippen LogP contribution in [0.3, 0.4) is 0 Å². The highest BCUT2D eigenvalue weighted by Gasteiger charge is 2.03. The van der Waals surface area contributed by atoms with Crippen LogP contribution in [0.2, 0.25) is 0 Å². The predicted octanol–water partition coefficient (Wildman–Crippen LogP) is 4.11. The molecule has 14 heavy (non-hydrogen) atoms. The summed E-state index contributed by atoms with van der Waals surface area (Å²) in [5.41, 5.74) is 0. The maximum Gasteiger partial charge on any atom is -0.0399 e. The van der Waals surface area contributed by atoms with E-state index in [1.54, 1.807) is 5.30 Å². The molecule has 0 aliphatic rings. The van der Waals surface area contributed by atoms with E-state index in [1.807, 2.05) is 0 Å². The van der Waals surface area contributed by atoms with Crippen LogP contribution in [0.5, 0.6) is 0 Å². The van der Waals surface area contributed by atoms with E-state index in [-0.39, 0.29) is 7.92 Å². The van der Waals surface area contributed by atoms with Crippen molar-refractivity contribution in [2.45, 2.75) is 39.5 Å². The third kappa shape index (κ3) is 3.88. The first-order valence-electron chi connectivity index (χ1n) is 5.85. The fourth-order valence-electron chi connectivity index (χ4n) is 1.64. The molecular formula is C13H22P-. The van der Waals surface area contributed by atoms with Crippen molar-refractivity contribution in [2.24, 2.45) is 0 Å². The van der Waals surface area contributed by atoms with Crippen molar-refractivity contribution in [2.75, 3.05) is 12.3 Å². The normalized spacial score (nSPS) is 11.1. The molecule has 0 aliphatic heterocycles. The molecule has 1 aromatic rings. The summed E-state index contributed by atoms with van der Waals surface area (Å²) in [6.45, 7) is 4.58. The Hall–Kier alpha value is -0.220. The Bertz CT molecular complexity index is 205. The van der Waals surface area contributed by atoms with Crippen molar-refractivity contribution in [3.8, 4) is 0 Å². The molecule has 0 N–H and O–H groups in total. The van der Waals surface area contributed by atoms with Crippen molar-refractivity contribution in [3.63, 3.8) is 0 Å². The van der Waals surface area contributed by atoms with E-state index in [0.29, 0.717) is 0 Å². The Morgan fingerprint density at radius 2 is 1.79 bits per heavy atom. The topological polar surface area (TPSA) is 0 Å². The molecule has 0 bridgehead atoms. The van der Waals surface area contributed by atoms with Gasteiger partial charge in [-0.3, -0.25) is 0 Å². The largest absolute Gasteiger partial charge is 0.206 e. The van der Waals surface area contributed by atoms with Gasteiger partial charge in [0.05, 0.1) is 0 Å².